The standard InChI is InChI=1S/C7H7N3.C3H8.H2/c1-5-2-6-4-9-10-7(6)8-3-5;1-3-2;/h2-4H,1H3,(H,8,9,10);3H2,1-2H3;1H. The molecule has 0 aromatic carbocycles. The second kappa shape index (κ2) is 4.60. The molecule has 13 heavy (non-hydrogen) atoms. The lowest BCUT2D eigenvalue weighted by Gasteiger charge is -1.88. The van der Waals surface area contributed by atoms with Gasteiger partial charge in [0.05, 0.1) is 6.20 Å². The SMILES string of the molecule is CCC.Cc1cnc2[nH]ncc2c1.[HH]. The van der Waals surface area contributed by atoms with Crippen molar-refractivity contribution in [3.8, 4) is 0 Å². The van der Waals surface area contributed by atoms with Crippen molar-refractivity contribution in [3.05, 3.63) is 24.0 Å². The predicted octanol–water partition coefficient (Wildman–Crippen LogP) is 2.93. The lowest BCUT2D eigenvalue weighted by Crippen LogP contribution is -1.77. The van der Waals surface area contributed by atoms with Crippen LogP contribution in [0.4, 0.5) is 0 Å². The van der Waals surface area contributed by atoms with Crippen LogP contribution in [0, 0.1) is 6.92 Å². The Kier molecular flexibility index (Phi) is 3.43. The highest BCUT2D eigenvalue weighted by atomic mass is 15.1. The summed E-state index contributed by atoms with van der Waals surface area (Å²) in [7, 11) is 0. The van der Waals surface area contributed by atoms with E-state index < -0.39 is 0 Å². The molecule has 0 amide bonds. The minimum Gasteiger partial charge on any atom is -0.261 e. The smallest absolute Gasteiger partial charge is 0.155 e. The summed E-state index contributed by atoms with van der Waals surface area (Å²) in [5.41, 5.74) is 2.01. The van der Waals surface area contributed by atoms with Crippen LogP contribution in [0.15, 0.2) is 18.5 Å². The molecule has 0 spiro atoms. The fraction of sp³-hybridized carbons (Fsp3) is 0.400. The summed E-state index contributed by atoms with van der Waals surface area (Å²) in [4.78, 5) is 4.12. The van der Waals surface area contributed by atoms with Crippen LogP contribution in [0.1, 0.15) is 27.3 Å². The normalized spacial score (nSPS) is 9.46. The quantitative estimate of drug-likeness (QED) is 0.675. The van der Waals surface area contributed by atoms with Crippen molar-refractivity contribution in [1.82, 2.24) is 15.2 Å². The van der Waals surface area contributed by atoms with Gasteiger partial charge in [0.2, 0.25) is 0 Å². The number of aromatic nitrogens is 3. The zero-order valence-electron chi connectivity index (χ0n) is 8.33. The van der Waals surface area contributed by atoms with E-state index >= 15 is 0 Å². The zero-order valence-corrected chi connectivity index (χ0v) is 8.33. The zero-order chi connectivity index (χ0) is 9.68. The molecule has 2 heterocycles. The van der Waals surface area contributed by atoms with E-state index in [1.165, 1.54) is 6.42 Å². The third kappa shape index (κ3) is 2.54. The van der Waals surface area contributed by atoms with Gasteiger partial charge in [0, 0.05) is 13.0 Å². The minimum atomic E-state index is 0. The van der Waals surface area contributed by atoms with Crippen molar-refractivity contribution in [2.75, 3.05) is 0 Å². The highest BCUT2D eigenvalue weighted by molar-refractivity contribution is 5.73. The molecule has 0 unspecified atom stereocenters. The molecule has 2 rings (SSSR count). The maximum absolute atomic E-state index is 4.12. The number of H-pyrrole nitrogens is 1. The first-order chi connectivity index (χ1) is 6.27. The maximum Gasteiger partial charge on any atom is 0.155 e. The Morgan fingerprint density at radius 2 is 2.08 bits per heavy atom. The first kappa shape index (κ1) is 9.71. The number of nitrogens with zero attached hydrogens (tertiary/aromatic N) is 2. The molecule has 3 nitrogen and oxygen atoms in total. The molecule has 2 aromatic rings. The summed E-state index contributed by atoms with van der Waals surface area (Å²) in [6, 6.07) is 2.05. The second-order valence-electron chi connectivity index (χ2n) is 3.03. The number of hydrogen-bond acceptors (Lipinski definition) is 2. The number of fused-ring (bicyclic) bond motifs is 1. The summed E-state index contributed by atoms with van der Waals surface area (Å²) in [5.74, 6) is 0. The maximum atomic E-state index is 4.12. The second-order valence-corrected chi connectivity index (χ2v) is 3.03. The highest BCUT2D eigenvalue weighted by Crippen LogP contribution is 2.07. The van der Waals surface area contributed by atoms with E-state index in [9.17, 15) is 0 Å². The minimum absolute atomic E-state index is 0. The summed E-state index contributed by atoms with van der Waals surface area (Å²) in [6.45, 7) is 6.26. The number of rotatable bonds is 0. The van der Waals surface area contributed by atoms with E-state index in [1.54, 1.807) is 6.20 Å². The largest absolute Gasteiger partial charge is 0.261 e. The van der Waals surface area contributed by atoms with Gasteiger partial charge in [-0.2, -0.15) is 5.10 Å². The molecule has 0 saturated heterocycles. The lowest BCUT2D eigenvalue weighted by molar-refractivity contribution is 1.09. The average molecular weight is 179 g/mol. The molecule has 0 saturated carbocycles. The Balaban J connectivity index is 0.000000381. The van der Waals surface area contributed by atoms with E-state index in [1.807, 2.05) is 19.2 Å². The molecule has 0 atom stereocenters. The van der Waals surface area contributed by atoms with Gasteiger partial charge < -0.3 is 0 Å². The lowest BCUT2D eigenvalue weighted by atomic mass is 10.3. The Labute approximate surface area is 79.7 Å². The van der Waals surface area contributed by atoms with Gasteiger partial charge >= 0.3 is 0 Å². The van der Waals surface area contributed by atoms with Crippen LogP contribution < -0.4 is 0 Å². The monoisotopic (exact) mass is 179 g/mol. The van der Waals surface area contributed by atoms with Gasteiger partial charge in [-0.15, -0.1) is 0 Å². The van der Waals surface area contributed by atoms with Gasteiger partial charge in [-0.05, 0) is 18.6 Å². The van der Waals surface area contributed by atoms with Gasteiger partial charge in [-0.25, -0.2) is 4.98 Å². The van der Waals surface area contributed by atoms with E-state index in [4.69, 9.17) is 0 Å². The van der Waals surface area contributed by atoms with Crippen molar-refractivity contribution in [3.63, 3.8) is 0 Å². The van der Waals surface area contributed by atoms with E-state index in [0.29, 0.717) is 0 Å². The van der Waals surface area contributed by atoms with E-state index in [0.717, 1.165) is 16.6 Å². The molecule has 2 aromatic heterocycles. The summed E-state index contributed by atoms with van der Waals surface area (Å²) in [6.07, 6.45) is 4.84. The number of aromatic amines is 1. The van der Waals surface area contributed by atoms with Crippen molar-refractivity contribution in [2.24, 2.45) is 0 Å². The molecule has 0 fully saturated rings. The summed E-state index contributed by atoms with van der Waals surface area (Å²) >= 11 is 0. The van der Waals surface area contributed by atoms with Crippen molar-refractivity contribution in [1.29, 1.82) is 0 Å². The molecule has 0 bridgehead atoms. The fourth-order valence-corrected chi connectivity index (χ4v) is 0.947. The molecule has 0 aliphatic rings. The van der Waals surface area contributed by atoms with Crippen LogP contribution in [0.3, 0.4) is 0 Å². The van der Waals surface area contributed by atoms with E-state index in [-0.39, 0.29) is 1.43 Å². The molecule has 0 aliphatic carbocycles. The van der Waals surface area contributed by atoms with Crippen molar-refractivity contribution in [2.45, 2.75) is 27.2 Å². The van der Waals surface area contributed by atoms with Crippen LogP contribution in [0.5, 0.6) is 0 Å². The predicted molar refractivity (Wildman–Crippen MR) is 56.7 cm³/mol. The molecule has 1 N–H and O–H groups in total. The third-order valence-corrected chi connectivity index (χ3v) is 1.43. The Hall–Kier alpha value is -1.38. The van der Waals surface area contributed by atoms with Crippen LogP contribution in [-0.4, -0.2) is 15.2 Å². The van der Waals surface area contributed by atoms with Gasteiger partial charge in [0.15, 0.2) is 5.65 Å². The number of hydrogen-bond donors (Lipinski definition) is 1. The van der Waals surface area contributed by atoms with Crippen LogP contribution in [0.25, 0.3) is 11.0 Å². The topological polar surface area (TPSA) is 41.6 Å². The first-order valence-corrected chi connectivity index (χ1v) is 4.53. The van der Waals surface area contributed by atoms with Crippen molar-refractivity contribution >= 4 is 11.0 Å². The Morgan fingerprint density at radius 1 is 1.38 bits per heavy atom. The third-order valence-electron chi connectivity index (χ3n) is 1.43. The van der Waals surface area contributed by atoms with E-state index in [2.05, 4.69) is 29.0 Å². The van der Waals surface area contributed by atoms with Crippen molar-refractivity contribution < 1.29 is 1.43 Å². The Morgan fingerprint density at radius 3 is 2.77 bits per heavy atom. The van der Waals surface area contributed by atoms with Gasteiger partial charge in [0.1, 0.15) is 0 Å². The summed E-state index contributed by atoms with van der Waals surface area (Å²) < 4.78 is 0. The fourth-order valence-electron chi connectivity index (χ4n) is 0.947. The van der Waals surface area contributed by atoms with Gasteiger partial charge in [0.25, 0.3) is 0 Å². The average Bonchev–Trinajstić information content (AvgIpc) is 2.52. The molecule has 72 valence electrons. The van der Waals surface area contributed by atoms with Crippen LogP contribution in [0.2, 0.25) is 0 Å². The van der Waals surface area contributed by atoms with Gasteiger partial charge in [-0.3, -0.25) is 5.10 Å². The first-order valence-electron chi connectivity index (χ1n) is 4.53. The Bertz CT molecular complexity index is 370. The molecular weight excluding hydrogens is 162 g/mol. The van der Waals surface area contributed by atoms with Crippen LogP contribution in [-0.2, 0) is 0 Å². The summed E-state index contributed by atoms with van der Waals surface area (Å²) in [5, 5.41) is 7.71. The molecule has 0 radical (unpaired) electrons. The molecule has 0 aliphatic heterocycles. The number of nitrogens with one attached hydrogen (secondary N) is 1. The van der Waals surface area contributed by atoms with Gasteiger partial charge in [-0.1, -0.05) is 20.3 Å². The highest BCUT2D eigenvalue weighted by Gasteiger charge is 1.93. The molecular formula is C10H17N3. The number of aryl methyl sites for hydroxylation is 1. The van der Waals surface area contributed by atoms with Crippen LogP contribution >= 0.6 is 0 Å². The molecule has 3 heteroatoms. The number of pyridine rings is 1.